The lowest BCUT2D eigenvalue weighted by molar-refractivity contribution is 0.102. The second kappa shape index (κ2) is 8.54. The maximum absolute atomic E-state index is 12.7. The monoisotopic (exact) mass is 390 g/mol. The second-order valence-corrected chi connectivity index (χ2v) is 8.33. The van der Waals surface area contributed by atoms with Gasteiger partial charge in [-0.2, -0.15) is 0 Å². The Hall–Kier alpha value is -2.38. The Morgan fingerprint density at radius 2 is 1.81 bits per heavy atom. The number of ether oxygens (including phenoxy) is 1. The van der Waals surface area contributed by atoms with Crippen molar-refractivity contribution in [3.8, 4) is 5.75 Å². The number of sulfonamides is 1. The molecule has 2 aromatic rings. The summed E-state index contributed by atoms with van der Waals surface area (Å²) < 4.78 is 33.3. The van der Waals surface area contributed by atoms with Gasteiger partial charge in [0.2, 0.25) is 10.0 Å². The average Bonchev–Trinajstić information content (AvgIpc) is 2.57. The van der Waals surface area contributed by atoms with Gasteiger partial charge in [-0.25, -0.2) is 13.1 Å². The van der Waals surface area contributed by atoms with Gasteiger partial charge in [0.15, 0.2) is 0 Å². The van der Waals surface area contributed by atoms with E-state index in [9.17, 15) is 13.2 Å². The van der Waals surface area contributed by atoms with Crippen LogP contribution in [0.4, 0.5) is 5.69 Å². The number of carbonyl (C=O) groups is 1. The van der Waals surface area contributed by atoms with E-state index in [4.69, 9.17) is 4.74 Å². The van der Waals surface area contributed by atoms with Crippen LogP contribution in [0.25, 0.3) is 0 Å². The number of nitrogens with one attached hydrogen (secondary N) is 2. The molecule has 0 aromatic heterocycles. The van der Waals surface area contributed by atoms with Gasteiger partial charge >= 0.3 is 0 Å². The van der Waals surface area contributed by atoms with E-state index in [1.165, 1.54) is 12.1 Å². The predicted octanol–water partition coefficient (Wildman–Crippen LogP) is 3.64. The first-order chi connectivity index (χ1) is 12.6. The zero-order chi connectivity index (χ0) is 20.2. The van der Waals surface area contributed by atoms with Crippen molar-refractivity contribution in [3.63, 3.8) is 0 Å². The molecule has 0 bridgehead atoms. The average molecular weight is 391 g/mol. The Morgan fingerprint density at radius 3 is 2.44 bits per heavy atom. The van der Waals surface area contributed by atoms with E-state index in [-0.39, 0.29) is 28.2 Å². The lowest BCUT2D eigenvalue weighted by Gasteiger charge is -2.15. The number of carbonyl (C=O) groups excluding carboxylic acids is 1. The van der Waals surface area contributed by atoms with Crippen molar-refractivity contribution in [2.24, 2.45) is 0 Å². The fraction of sp³-hybridized carbons (Fsp3) is 0.350. The van der Waals surface area contributed by atoms with Crippen LogP contribution in [-0.4, -0.2) is 27.0 Å². The third kappa shape index (κ3) is 5.30. The van der Waals surface area contributed by atoms with E-state index < -0.39 is 10.0 Å². The highest BCUT2D eigenvalue weighted by Gasteiger charge is 2.23. The number of benzene rings is 2. The molecule has 2 N–H and O–H groups in total. The molecule has 0 aliphatic rings. The zero-order valence-corrected chi connectivity index (χ0v) is 17.1. The molecule has 0 atom stereocenters. The summed E-state index contributed by atoms with van der Waals surface area (Å²) in [5.41, 5.74) is 2.88. The molecule has 0 aliphatic carbocycles. The highest BCUT2D eigenvalue weighted by atomic mass is 32.2. The highest BCUT2D eigenvalue weighted by molar-refractivity contribution is 7.89. The van der Waals surface area contributed by atoms with Gasteiger partial charge < -0.3 is 10.1 Å². The first kappa shape index (κ1) is 20.9. The van der Waals surface area contributed by atoms with Gasteiger partial charge in [0.05, 0.1) is 6.61 Å². The second-order valence-electron chi connectivity index (χ2n) is 6.64. The standard InChI is InChI=1S/C20H26N2O4S/c1-6-26-18-10-9-16(12-19(18)27(24,25)22-13(2)3)20(23)21-17-11-14(4)7-8-15(17)5/h7-13,22H,6H2,1-5H3,(H,21,23). The summed E-state index contributed by atoms with van der Waals surface area (Å²) in [6.07, 6.45) is 0. The van der Waals surface area contributed by atoms with E-state index in [2.05, 4.69) is 10.0 Å². The predicted molar refractivity (Wildman–Crippen MR) is 107 cm³/mol. The van der Waals surface area contributed by atoms with Crippen molar-refractivity contribution in [1.29, 1.82) is 0 Å². The van der Waals surface area contributed by atoms with E-state index in [0.29, 0.717) is 12.3 Å². The van der Waals surface area contributed by atoms with Crippen LogP contribution in [0.15, 0.2) is 41.3 Å². The largest absolute Gasteiger partial charge is 0.492 e. The molecule has 0 radical (unpaired) electrons. The number of rotatable bonds is 7. The first-order valence-electron chi connectivity index (χ1n) is 8.82. The van der Waals surface area contributed by atoms with E-state index >= 15 is 0 Å². The van der Waals surface area contributed by atoms with Crippen molar-refractivity contribution in [3.05, 3.63) is 53.1 Å². The van der Waals surface area contributed by atoms with Gasteiger partial charge in [-0.05, 0) is 70.0 Å². The van der Waals surface area contributed by atoms with Gasteiger partial charge in [0.25, 0.3) is 5.91 Å². The molecular weight excluding hydrogens is 364 g/mol. The van der Waals surface area contributed by atoms with E-state index in [1.54, 1.807) is 26.8 Å². The van der Waals surface area contributed by atoms with Crippen LogP contribution >= 0.6 is 0 Å². The lowest BCUT2D eigenvalue weighted by Crippen LogP contribution is -2.30. The SMILES string of the molecule is CCOc1ccc(C(=O)Nc2cc(C)ccc2C)cc1S(=O)(=O)NC(C)C. The summed E-state index contributed by atoms with van der Waals surface area (Å²) in [6.45, 7) is 9.39. The lowest BCUT2D eigenvalue weighted by atomic mass is 10.1. The van der Waals surface area contributed by atoms with Crippen LogP contribution < -0.4 is 14.8 Å². The number of amides is 1. The molecule has 146 valence electrons. The molecular formula is C20H26N2O4S. The van der Waals surface area contributed by atoms with Crippen LogP contribution in [0.2, 0.25) is 0 Å². The Morgan fingerprint density at radius 1 is 1.11 bits per heavy atom. The Kier molecular flexibility index (Phi) is 6.62. The fourth-order valence-electron chi connectivity index (χ4n) is 2.57. The van der Waals surface area contributed by atoms with E-state index in [1.807, 2.05) is 32.0 Å². The normalized spacial score (nSPS) is 11.5. The van der Waals surface area contributed by atoms with Gasteiger partial charge in [-0.1, -0.05) is 12.1 Å². The Bertz CT molecular complexity index is 937. The van der Waals surface area contributed by atoms with Crippen LogP contribution in [0.1, 0.15) is 42.3 Å². The molecule has 0 aliphatic heterocycles. The minimum Gasteiger partial charge on any atom is -0.492 e. The molecule has 0 spiro atoms. The molecule has 0 saturated carbocycles. The number of anilines is 1. The Labute approximate surface area is 161 Å². The molecule has 0 saturated heterocycles. The summed E-state index contributed by atoms with van der Waals surface area (Å²) in [5, 5.41) is 2.84. The summed E-state index contributed by atoms with van der Waals surface area (Å²) in [4.78, 5) is 12.6. The van der Waals surface area contributed by atoms with Crippen LogP contribution in [0, 0.1) is 13.8 Å². The molecule has 0 fully saturated rings. The van der Waals surface area contributed by atoms with Gasteiger partial charge in [-0.15, -0.1) is 0 Å². The van der Waals surface area contributed by atoms with Crippen molar-refractivity contribution in [2.45, 2.75) is 45.6 Å². The molecule has 2 aromatic carbocycles. The summed E-state index contributed by atoms with van der Waals surface area (Å²) >= 11 is 0. The quantitative estimate of drug-likeness (QED) is 0.756. The maximum Gasteiger partial charge on any atom is 0.255 e. The van der Waals surface area contributed by atoms with Gasteiger partial charge in [-0.3, -0.25) is 4.79 Å². The first-order valence-corrected chi connectivity index (χ1v) is 10.3. The van der Waals surface area contributed by atoms with Gasteiger partial charge in [0, 0.05) is 17.3 Å². The van der Waals surface area contributed by atoms with Crippen LogP contribution in [-0.2, 0) is 10.0 Å². The van der Waals surface area contributed by atoms with Crippen molar-refractivity contribution >= 4 is 21.6 Å². The van der Waals surface area contributed by atoms with Crippen LogP contribution in [0.3, 0.4) is 0 Å². The number of hydrogen-bond donors (Lipinski definition) is 2. The molecule has 0 unspecified atom stereocenters. The van der Waals surface area contributed by atoms with Crippen LogP contribution in [0.5, 0.6) is 5.75 Å². The molecule has 6 nitrogen and oxygen atoms in total. The fourth-order valence-corrected chi connectivity index (χ4v) is 3.99. The van der Waals surface area contributed by atoms with Crippen molar-refractivity contribution in [2.75, 3.05) is 11.9 Å². The summed E-state index contributed by atoms with van der Waals surface area (Å²) in [7, 11) is -3.81. The molecule has 2 rings (SSSR count). The smallest absolute Gasteiger partial charge is 0.255 e. The van der Waals surface area contributed by atoms with Crippen molar-refractivity contribution in [1.82, 2.24) is 4.72 Å². The minimum absolute atomic E-state index is 0.0494. The molecule has 7 heteroatoms. The maximum atomic E-state index is 12.7. The molecule has 27 heavy (non-hydrogen) atoms. The topological polar surface area (TPSA) is 84.5 Å². The number of aryl methyl sites for hydroxylation is 2. The van der Waals surface area contributed by atoms with E-state index in [0.717, 1.165) is 11.1 Å². The summed E-state index contributed by atoms with van der Waals surface area (Å²) in [6, 6.07) is 9.89. The highest BCUT2D eigenvalue weighted by Crippen LogP contribution is 2.26. The zero-order valence-electron chi connectivity index (χ0n) is 16.3. The van der Waals surface area contributed by atoms with Crippen molar-refractivity contribution < 1.29 is 17.9 Å². The number of hydrogen-bond acceptors (Lipinski definition) is 4. The van der Waals surface area contributed by atoms with Gasteiger partial charge in [0.1, 0.15) is 10.6 Å². The Balaban J connectivity index is 2.41. The third-order valence-electron chi connectivity index (χ3n) is 3.83. The summed E-state index contributed by atoms with van der Waals surface area (Å²) in [5.74, 6) is -0.165. The molecule has 1 amide bonds. The molecule has 0 heterocycles. The third-order valence-corrected chi connectivity index (χ3v) is 5.51. The minimum atomic E-state index is -3.81.